The summed E-state index contributed by atoms with van der Waals surface area (Å²) < 4.78 is 6.73. The van der Waals surface area contributed by atoms with E-state index in [1.807, 2.05) is 42.5 Å². The van der Waals surface area contributed by atoms with Crippen molar-refractivity contribution in [2.45, 2.75) is 5.41 Å². The topological polar surface area (TPSA) is 51.8 Å². The van der Waals surface area contributed by atoms with Crippen molar-refractivity contribution in [1.29, 1.82) is 0 Å². The van der Waals surface area contributed by atoms with Crippen LogP contribution in [0.15, 0.2) is 229 Å². The molecule has 1 aliphatic carbocycles. The second-order valence-electron chi connectivity index (χ2n) is 15.9. The summed E-state index contributed by atoms with van der Waals surface area (Å²) in [6.45, 7) is 0. The molecule has 0 spiro atoms. The molecule has 4 heteroatoms. The van der Waals surface area contributed by atoms with Crippen LogP contribution in [0.5, 0.6) is 0 Å². The minimum absolute atomic E-state index is 0.436. The molecule has 0 radical (unpaired) electrons. The summed E-state index contributed by atoms with van der Waals surface area (Å²) in [5.74, 6) is 1.77. The molecule has 4 nitrogen and oxygen atoms in total. The quantitative estimate of drug-likeness (QED) is 0.161. The van der Waals surface area contributed by atoms with Gasteiger partial charge in [0.25, 0.3) is 0 Å². The first-order valence-electron chi connectivity index (χ1n) is 21.0. The van der Waals surface area contributed by atoms with E-state index in [1.54, 1.807) is 0 Å². The lowest BCUT2D eigenvalue weighted by Gasteiger charge is -2.33. The predicted molar refractivity (Wildman–Crippen MR) is 252 cm³/mol. The molecule has 11 aromatic rings. The van der Waals surface area contributed by atoms with Crippen LogP contribution in [0, 0.1) is 0 Å². The van der Waals surface area contributed by atoms with Gasteiger partial charge in [-0.3, -0.25) is 0 Å². The monoisotopic (exact) mass is 791 g/mol. The Hall–Kier alpha value is -8.21. The van der Waals surface area contributed by atoms with E-state index in [1.165, 1.54) is 33.4 Å². The van der Waals surface area contributed by atoms with E-state index in [2.05, 4.69) is 182 Å². The van der Waals surface area contributed by atoms with Gasteiger partial charge in [-0.25, -0.2) is 15.0 Å². The van der Waals surface area contributed by atoms with Crippen molar-refractivity contribution >= 4 is 21.9 Å². The van der Waals surface area contributed by atoms with Crippen molar-refractivity contribution in [3.05, 3.63) is 247 Å². The van der Waals surface area contributed by atoms with Crippen molar-refractivity contribution < 1.29 is 4.42 Å². The van der Waals surface area contributed by atoms with E-state index < -0.39 is 5.41 Å². The molecule has 0 atom stereocenters. The Labute approximate surface area is 359 Å². The highest BCUT2D eigenvalue weighted by molar-refractivity contribution is 6.10. The van der Waals surface area contributed by atoms with Gasteiger partial charge in [-0.1, -0.05) is 200 Å². The van der Waals surface area contributed by atoms with E-state index in [4.69, 9.17) is 19.4 Å². The van der Waals surface area contributed by atoms with Crippen molar-refractivity contribution in [1.82, 2.24) is 15.0 Å². The lowest BCUT2D eigenvalue weighted by atomic mass is 9.67. The predicted octanol–water partition coefficient (Wildman–Crippen LogP) is 14.5. The third kappa shape index (κ3) is 5.72. The number of nitrogens with zero attached hydrogens (tertiary/aromatic N) is 3. The lowest BCUT2D eigenvalue weighted by molar-refractivity contribution is 0.669. The van der Waals surface area contributed by atoms with Gasteiger partial charge < -0.3 is 4.42 Å². The zero-order chi connectivity index (χ0) is 41.0. The zero-order valence-corrected chi connectivity index (χ0v) is 33.6. The van der Waals surface area contributed by atoms with Gasteiger partial charge in [0.15, 0.2) is 17.5 Å². The standard InChI is InChI=1S/C58H37N3O/c1-5-16-38(17-6-1)39-28-30-41(31-29-39)56-59-55(40-18-7-2-8-19-40)60-57(61-56)48-26-15-25-47-50-37-43(33-35-53(50)62-54(47)48)42-32-34-52-49(36-42)46-24-13-14-27-51(46)58(52,44-20-9-3-10-21-44)45-22-11-4-12-23-45/h1-37H. The van der Waals surface area contributed by atoms with Crippen molar-refractivity contribution in [2.24, 2.45) is 0 Å². The fourth-order valence-electron chi connectivity index (χ4n) is 9.57. The van der Waals surface area contributed by atoms with Crippen LogP contribution in [0.3, 0.4) is 0 Å². The Kier molecular flexibility index (Phi) is 8.36. The number of fused-ring (bicyclic) bond motifs is 6. The molecule has 9 aromatic carbocycles. The molecule has 0 aliphatic heterocycles. The van der Waals surface area contributed by atoms with E-state index in [0.717, 1.165) is 60.9 Å². The van der Waals surface area contributed by atoms with Crippen LogP contribution < -0.4 is 0 Å². The molecular weight excluding hydrogens is 755 g/mol. The summed E-state index contributed by atoms with van der Waals surface area (Å²) in [7, 11) is 0. The molecule has 1 aliphatic rings. The van der Waals surface area contributed by atoms with Gasteiger partial charge in [0.05, 0.1) is 11.0 Å². The Bertz CT molecular complexity index is 3390. The summed E-state index contributed by atoms with van der Waals surface area (Å²) in [5, 5.41) is 2.05. The molecule has 62 heavy (non-hydrogen) atoms. The Morgan fingerprint density at radius 1 is 0.306 bits per heavy atom. The van der Waals surface area contributed by atoms with Crippen LogP contribution in [0.25, 0.3) is 89.5 Å². The van der Waals surface area contributed by atoms with Crippen LogP contribution >= 0.6 is 0 Å². The highest BCUT2D eigenvalue weighted by atomic mass is 16.3. The first-order chi connectivity index (χ1) is 30.7. The molecule has 0 N–H and O–H groups in total. The smallest absolute Gasteiger partial charge is 0.167 e. The number of hydrogen-bond donors (Lipinski definition) is 0. The minimum Gasteiger partial charge on any atom is -0.455 e. The second-order valence-corrected chi connectivity index (χ2v) is 15.9. The minimum atomic E-state index is -0.436. The molecular formula is C58H37N3O. The van der Waals surface area contributed by atoms with Crippen molar-refractivity contribution in [3.63, 3.8) is 0 Å². The largest absolute Gasteiger partial charge is 0.455 e. The average molecular weight is 792 g/mol. The van der Waals surface area contributed by atoms with E-state index in [9.17, 15) is 0 Å². The highest BCUT2D eigenvalue weighted by Crippen LogP contribution is 2.56. The number of hydrogen-bond acceptors (Lipinski definition) is 4. The maximum atomic E-state index is 6.73. The maximum Gasteiger partial charge on any atom is 0.167 e. The van der Waals surface area contributed by atoms with Gasteiger partial charge in [-0.2, -0.15) is 0 Å². The third-order valence-electron chi connectivity index (χ3n) is 12.4. The first-order valence-corrected chi connectivity index (χ1v) is 21.0. The highest BCUT2D eigenvalue weighted by Gasteiger charge is 2.46. The van der Waals surface area contributed by atoms with Gasteiger partial charge in [0.2, 0.25) is 0 Å². The number of aromatic nitrogens is 3. The normalized spacial score (nSPS) is 12.6. The third-order valence-corrected chi connectivity index (χ3v) is 12.4. The van der Waals surface area contributed by atoms with Crippen molar-refractivity contribution in [2.75, 3.05) is 0 Å². The first kappa shape index (κ1) is 35.7. The summed E-state index contributed by atoms with van der Waals surface area (Å²) in [5.41, 5.74) is 15.9. The zero-order valence-electron chi connectivity index (χ0n) is 33.6. The number of para-hydroxylation sites is 1. The fraction of sp³-hybridized carbons (Fsp3) is 0.0172. The fourth-order valence-corrected chi connectivity index (χ4v) is 9.57. The van der Waals surface area contributed by atoms with E-state index >= 15 is 0 Å². The molecule has 2 aromatic heterocycles. The maximum absolute atomic E-state index is 6.73. The van der Waals surface area contributed by atoms with E-state index in [-0.39, 0.29) is 0 Å². The van der Waals surface area contributed by atoms with E-state index in [0.29, 0.717) is 17.5 Å². The second kappa shape index (κ2) is 14.5. The van der Waals surface area contributed by atoms with Crippen molar-refractivity contribution in [3.8, 4) is 67.5 Å². The summed E-state index contributed by atoms with van der Waals surface area (Å²) >= 11 is 0. The SMILES string of the molecule is c1ccc(-c2ccc(-c3nc(-c4ccccc4)nc(-c4cccc5c4oc4ccc(-c6ccc7c(c6)-c6ccccc6C7(c6ccccc6)c6ccccc6)cc45)n3)cc2)cc1. The number of benzene rings is 9. The van der Waals surface area contributed by atoms with Crippen LogP contribution in [0.4, 0.5) is 0 Å². The molecule has 0 saturated heterocycles. The summed E-state index contributed by atoms with van der Waals surface area (Å²) in [6, 6.07) is 79.4. The molecule has 0 fully saturated rings. The molecule has 0 amide bonds. The Morgan fingerprint density at radius 3 is 1.48 bits per heavy atom. The average Bonchev–Trinajstić information content (AvgIpc) is 3.88. The van der Waals surface area contributed by atoms with Gasteiger partial charge in [-0.15, -0.1) is 0 Å². The Morgan fingerprint density at radius 2 is 0.790 bits per heavy atom. The molecule has 12 rings (SSSR count). The van der Waals surface area contributed by atoms with Gasteiger partial charge in [-0.05, 0) is 79.9 Å². The van der Waals surface area contributed by atoms with Gasteiger partial charge in [0.1, 0.15) is 11.2 Å². The van der Waals surface area contributed by atoms with Crippen LogP contribution in [-0.2, 0) is 5.41 Å². The summed E-state index contributed by atoms with van der Waals surface area (Å²) in [6.07, 6.45) is 0. The molecule has 0 unspecified atom stereocenters. The Balaban J connectivity index is 0.978. The van der Waals surface area contributed by atoms with Crippen LogP contribution in [0.1, 0.15) is 22.3 Å². The molecule has 0 saturated carbocycles. The number of rotatable bonds is 7. The van der Waals surface area contributed by atoms with Crippen LogP contribution in [0.2, 0.25) is 0 Å². The van der Waals surface area contributed by atoms with Crippen LogP contribution in [-0.4, -0.2) is 15.0 Å². The van der Waals surface area contributed by atoms with Gasteiger partial charge >= 0.3 is 0 Å². The molecule has 2 heterocycles. The summed E-state index contributed by atoms with van der Waals surface area (Å²) in [4.78, 5) is 15.2. The molecule has 290 valence electrons. The number of furan rings is 1. The molecule has 0 bridgehead atoms. The van der Waals surface area contributed by atoms with Gasteiger partial charge in [0, 0.05) is 21.9 Å². The lowest BCUT2D eigenvalue weighted by Crippen LogP contribution is -2.28.